The number of quaternary nitrogens is 1. The standard InChI is InChI=1S/C72H130NO8P/c1-6-8-10-12-14-16-18-20-22-24-25-26-27-28-29-30-31-32-33-34-35-36-37-38-39-40-41-42-43-44-45-46-47-49-51-53-55-57-59-61-63-65-72(75)81-70(69-80-82(76,77)79-67-66-73(3,4)5)68-78-71(74)64-62-60-58-56-54-52-50-48-23-21-19-17-15-13-11-9-7-2/h8,10,14,16,20,22,25-26,28-29,31-32,34-35,70H,6-7,9,11-13,15,17-19,21,23-24,27,30,33,36-69H2,1-5H3/p+1/b10-8-,16-14-,22-20-,26-25-,29-28-,32-31-,35-34-. The number of allylic oxidation sites excluding steroid dienone is 14. The van der Waals surface area contributed by atoms with Crippen molar-refractivity contribution < 1.29 is 42.1 Å². The SMILES string of the molecule is CC/C=C\C/C=C\C/C=C\C/C=C\C/C=C\C/C=C\C/C=C\CCCCCCCCCCCCCCCCCCCCCC(=O)OC(COC(=O)CCCCCCCCCCCCCCCCCCC)COP(=O)(O)OCC[N+](C)(C)C. The van der Waals surface area contributed by atoms with Crippen LogP contribution in [-0.4, -0.2) is 74.9 Å². The van der Waals surface area contributed by atoms with Crippen molar-refractivity contribution in [2.24, 2.45) is 0 Å². The molecule has 0 spiro atoms. The first-order chi connectivity index (χ1) is 40.0. The number of esters is 2. The lowest BCUT2D eigenvalue weighted by molar-refractivity contribution is -0.870. The molecule has 0 saturated heterocycles. The third kappa shape index (κ3) is 66.3. The van der Waals surface area contributed by atoms with Crippen LogP contribution in [0.3, 0.4) is 0 Å². The summed E-state index contributed by atoms with van der Waals surface area (Å²) >= 11 is 0. The van der Waals surface area contributed by atoms with E-state index in [0.717, 1.165) is 77.0 Å². The van der Waals surface area contributed by atoms with E-state index in [9.17, 15) is 19.0 Å². The Kier molecular flexibility index (Phi) is 60.6. The van der Waals surface area contributed by atoms with Crippen LogP contribution in [0.15, 0.2) is 85.1 Å². The highest BCUT2D eigenvalue weighted by Crippen LogP contribution is 2.43. The van der Waals surface area contributed by atoms with Gasteiger partial charge in [0.1, 0.15) is 19.8 Å². The summed E-state index contributed by atoms with van der Waals surface area (Å²) in [5.74, 6) is -0.782. The fourth-order valence-corrected chi connectivity index (χ4v) is 10.4. The molecule has 0 aliphatic rings. The van der Waals surface area contributed by atoms with Crippen LogP contribution in [0.2, 0.25) is 0 Å². The smallest absolute Gasteiger partial charge is 0.462 e. The Balaban J connectivity index is 3.94. The average molecular weight is 1170 g/mol. The van der Waals surface area contributed by atoms with Gasteiger partial charge in [0.25, 0.3) is 0 Å². The van der Waals surface area contributed by atoms with Crippen molar-refractivity contribution in [3.05, 3.63) is 85.1 Å². The summed E-state index contributed by atoms with van der Waals surface area (Å²) < 4.78 is 34.7. The van der Waals surface area contributed by atoms with E-state index >= 15 is 0 Å². The lowest BCUT2D eigenvalue weighted by atomic mass is 10.0. The van der Waals surface area contributed by atoms with Crippen LogP contribution >= 0.6 is 7.82 Å². The van der Waals surface area contributed by atoms with Gasteiger partial charge in [0.15, 0.2) is 6.10 Å². The van der Waals surface area contributed by atoms with E-state index in [1.54, 1.807) is 0 Å². The third-order valence-corrected chi connectivity index (χ3v) is 15.9. The van der Waals surface area contributed by atoms with Crippen LogP contribution in [0.1, 0.15) is 309 Å². The number of unbranched alkanes of at least 4 members (excludes halogenated alkanes) is 35. The van der Waals surface area contributed by atoms with E-state index < -0.39 is 26.5 Å². The zero-order chi connectivity index (χ0) is 59.8. The van der Waals surface area contributed by atoms with E-state index in [4.69, 9.17) is 18.5 Å². The minimum absolute atomic E-state index is 0.0328. The Hall–Kier alpha value is -2.81. The fourth-order valence-electron chi connectivity index (χ4n) is 9.71. The summed E-state index contributed by atoms with van der Waals surface area (Å²) in [7, 11) is 1.49. The van der Waals surface area contributed by atoms with Crippen LogP contribution in [0, 0.1) is 0 Å². The number of carbonyl (C=O) groups excluding carboxylic acids is 2. The molecule has 0 aromatic rings. The van der Waals surface area contributed by atoms with Gasteiger partial charge in [-0.1, -0.05) is 311 Å². The molecule has 0 aliphatic carbocycles. The monoisotopic (exact) mass is 1170 g/mol. The molecule has 82 heavy (non-hydrogen) atoms. The van der Waals surface area contributed by atoms with Crippen molar-refractivity contribution in [3.8, 4) is 0 Å². The van der Waals surface area contributed by atoms with Crippen molar-refractivity contribution in [1.29, 1.82) is 0 Å². The maximum absolute atomic E-state index is 12.9. The van der Waals surface area contributed by atoms with Gasteiger partial charge in [0.2, 0.25) is 0 Å². The molecule has 0 fully saturated rings. The lowest BCUT2D eigenvalue weighted by Gasteiger charge is -2.24. The highest BCUT2D eigenvalue weighted by atomic mass is 31.2. The number of likely N-dealkylation sites (N-methyl/N-ethyl adjacent to an activating group) is 1. The zero-order valence-electron chi connectivity index (χ0n) is 54.2. The number of ether oxygens (including phenoxy) is 2. The number of hydrogen-bond donors (Lipinski definition) is 1. The number of phosphoric acid groups is 1. The molecule has 9 nitrogen and oxygen atoms in total. The third-order valence-electron chi connectivity index (χ3n) is 14.9. The molecular weight excluding hydrogens is 1040 g/mol. The number of carbonyl (C=O) groups is 2. The number of rotatable bonds is 63. The summed E-state index contributed by atoms with van der Waals surface area (Å²) in [4.78, 5) is 35.8. The maximum atomic E-state index is 12.9. The summed E-state index contributed by atoms with van der Waals surface area (Å²) in [6.07, 6.45) is 85.5. The van der Waals surface area contributed by atoms with E-state index in [0.29, 0.717) is 23.9 Å². The Morgan fingerprint density at radius 1 is 0.390 bits per heavy atom. The van der Waals surface area contributed by atoms with Gasteiger partial charge in [-0.3, -0.25) is 18.6 Å². The van der Waals surface area contributed by atoms with E-state index in [1.165, 1.54) is 199 Å². The predicted molar refractivity (Wildman–Crippen MR) is 353 cm³/mol. The first-order valence-electron chi connectivity index (χ1n) is 34.3. The molecule has 476 valence electrons. The van der Waals surface area contributed by atoms with Crippen molar-refractivity contribution in [2.45, 2.75) is 315 Å². The molecule has 0 bridgehead atoms. The van der Waals surface area contributed by atoms with E-state index in [1.807, 2.05) is 21.1 Å². The second-order valence-electron chi connectivity index (χ2n) is 24.2. The fraction of sp³-hybridized carbons (Fsp3) is 0.778. The van der Waals surface area contributed by atoms with Gasteiger partial charge in [-0.05, 0) is 70.6 Å². The highest BCUT2D eigenvalue weighted by Gasteiger charge is 2.27. The largest absolute Gasteiger partial charge is 0.472 e. The molecule has 1 N–H and O–H groups in total. The van der Waals surface area contributed by atoms with Crippen LogP contribution in [0.25, 0.3) is 0 Å². The quantitative estimate of drug-likeness (QED) is 0.0211. The minimum Gasteiger partial charge on any atom is -0.462 e. The Morgan fingerprint density at radius 2 is 0.695 bits per heavy atom. The molecule has 0 aromatic heterocycles. The van der Waals surface area contributed by atoms with Gasteiger partial charge in [-0.2, -0.15) is 0 Å². The topological polar surface area (TPSA) is 108 Å². The summed E-state index contributed by atoms with van der Waals surface area (Å²) in [5.41, 5.74) is 0. The average Bonchev–Trinajstić information content (AvgIpc) is 3.45. The molecule has 0 heterocycles. The van der Waals surface area contributed by atoms with Crippen molar-refractivity contribution in [1.82, 2.24) is 0 Å². The Bertz CT molecular complexity index is 1660. The maximum Gasteiger partial charge on any atom is 0.472 e. The van der Waals surface area contributed by atoms with Gasteiger partial charge in [0, 0.05) is 12.8 Å². The summed E-state index contributed by atoms with van der Waals surface area (Å²) in [6, 6.07) is 0. The van der Waals surface area contributed by atoms with Crippen molar-refractivity contribution in [2.75, 3.05) is 47.5 Å². The van der Waals surface area contributed by atoms with Gasteiger partial charge in [-0.15, -0.1) is 0 Å². The second-order valence-corrected chi connectivity index (χ2v) is 25.6. The van der Waals surface area contributed by atoms with Crippen LogP contribution in [0.5, 0.6) is 0 Å². The Labute approximate surface area is 507 Å². The molecular formula is C72H131NO8P+. The Morgan fingerprint density at radius 3 is 1.04 bits per heavy atom. The normalized spacial score (nSPS) is 13.7. The van der Waals surface area contributed by atoms with Crippen molar-refractivity contribution in [3.63, 3.8) is 0 Å². The first-order valence-corrected chi connectivity index (χ1v) is 35.8. The highest BCUT2D eigenvalue weighted by molar-refractivity contribution is 7.47. The summed E-state index contributed by atoms with van der Waals surface area (Å²) in [5, 5.41) is 0. The van der Waals surface area contributed by atoms with E-state index in [2.05, 4.69) is 98.9 Å². The summed E-state index contributed by atoms with van der Waals surface area (Å²) in [6.45, 7) is 4.36. The zero-order valence-corrected chi connectivity index (χ0v) is 55.1. The minimum atomic E-state index is -4.39. The molecule has 0 rings (SSSR count). The van der Waals surface area contributed by atoms with Gasteiger partial charge < -0.3 is 18.9 Å². The van der Waals surface area contributed by atoms with Crippen LogP contribution in [0.4, 0.5) is 0 Å². The molecule has 0 radical (unpaired) electrons. The van der Waals surface area contributed by atoms with Crippen LogP contribution in [-0.2, 0) is 32.7 Å². The van der Waals surface area contributed by atoms with Gasteiger partial charge in [-0.25, -0.2) is 4.57 Å². The molecule has 2 atom stereocenters. The molecule has 0 saturated carbocycles. The number of phosphoric ester groups is 1. The molecule has 0 aliphatic heterocycles. The molecule has 2 unspecified atom stereocenters. The van der Waals surface area contributed by atoms with Gasteiger partial charge >= 0.3 is 19.8 Å². The predicted octanol–water partition coefficient (Wildman–Crippen LogP) is 22.2. The first kappa shape index (κ1) is 79.2. The molecule has 0 amide bonds. The van der Waals surface area contributed by atoms with Gasteiger partial charge in [0.05, 0.1) is 27.7 Å². The second kappa shape index (κ2) is 62.7. The molecule has 10 heteroatoms. The number of nitrogens with zero attached hydrogens (tertiary/aromatic N) is 1. The van der Waals surface area contributed by atoms with Crippen LogP contribution < -0.4 is 0 Å². The van der Waals surface area contributed by atoms with Crippen molar-refractivity contribution >= 4 is 19.8 Å². The van der Waals surface area contributed by atoms with E-state index in [-0.39, 0.29) is 25.6 Å². The molecule has 0 aromatic carbocycles. The lowest BCUT2D eigenvalue weighted by Crippen LogP contribution is -2.37. The number of hydrogen-bond acceptors (Lipinski definition) is 7.